The number of nitrogens with zero attached hydrogens (tertiary/aromatic N) is 1. The number of anilines is 1. The molecule has 0 amide bonds. The summed E-state index contributed by atoms with van der Waals surface area (Å²) in [5.41, 5.74) is 4.30. The highest BCUT2D eigenvalue weighted by Gasteiger charge is 2.32. The first kappa shape index (κ1) is 18.4. The summed E-state index contributed by atoms with van der Waals surface area (Å²) in [6.45, 7) is 0. The number of halogens is 4. The Morgan fingerprint density at radius 2 is 1.88 bits per heavy atom. The third-order valence-electron chi connectivity index (χ3n) is 2.83. The second-order valence-electron chi connectivity index (χ2n) is 4.56. The minimum atomic E-state index is -5.07. The fraction of sp³-hybridized carbons (Fsp3) is 0.0769. The molecule has 0 aliphatic rings. The van der Waals surface area contributed by atoms with Crippen LogP contribution in [0.25, 0.3) is 0 Å². The highest BCUT2D eigenvalue weighted by Crippen LogP contribution is 2.29. The topological polar surface area (TPSA) is 120 Å². The van der Waals surface area contributed by atoms with Crippen molar-refractivity contribution in [2.45, 2.75) is 16.2 Å². The van der Waals surface area contributed by atoms with E-state index in [0.29, 0.717) is 18.3 Å². The van der Waals surface area contributed by atoms with E-state index in [1.54, 1.807) is 0 Å². The van der Waals surface area contributed by atoms with Crippen molar-refractivity contribution in [2.24, 2.45) is 0 Å². The molecule has 1 heterocycles. The van der Waals surface area contributed by atoms with Gasteiger partial charge in [-0.2, -0.15) is 0 Å². The Morgan fingerprint density at radius 3 is 2.36 bits per heavy atom. The van der Waals surface area contributed by atoms with Gasteiger partial charge in [0, 0.05) is 12.3 Å². The van der Waals surface area contributed by atoms with Gasteiger partial charge in [0.1, 0.15) is 16.5 Å². The molecule has 0 fully saturated rings. The van der Waals surface area contributed by atoms with E-state index in [9.17, 15) is 30.8 Å². The standard InChI is InChI=1S/C13H8F4N2O5S/c14-8-3-6(24-13(15,16)17)1-2-10(8)25(22,23)7-4-9(18)11(12(20)21)19-5-7/h1-5H,18H2,(H,20,21). The molecule has 0 aliphatic heterocycles. The van der Waals surface area contributed by atoms with Crippen molar-refractivity contribution in [3.63, 3.8) is 0 Å². The van der Waals surface area contributed by atoms with Crippen LogP contribution in [-0.4, -0.2) is 30.8 Å². The maximum absolute atomic E-state index is 13.9. The summed E-state index contributed by atoms with van der Waals surface area (Å²) in [6.07, 6.45) is -4.42. The number of aromatic carboxylic acids is 1. The second kappa shape index (κ2) is 6.20. The lowest BCUT2D eigenvalue weighted by molar-refractivity contribution is -0.274. The number of carboxylic acid groups (broad SMARTS) is 1. The van der Waals surface area contributed by atoms with Crippen LogP contribution < -0.4 is 10.5 Å². The fourth-order valence-electron chi connectivity index (χ4n) is 1.81. The van der Waals surface area contributed by atoms with Crippen molar-refractivity contribution in [3.8, 4) is 5.75 Å². The van der Waals surface area contributed by atoms with Gasteiger partial charge in [0.25, 0.3) is 0 Å². The highest BCUT2D eigenvalue weighted by molar-refractivity contribution is 7.91. The normalized spacial score (nSPS) is 12.0. The minimum Gasteiger partial charge on any atom is -0.476 e. The van der Waals surface area contributed by atoms with Crippen molar-refractivity contribution in [1.82, 2.24) is 4.98 Å². The first-order chi connectivity index (χ1) is 11.4. The summed E-state index contributed by atoms with van der Waals surface area (Å²) in [5, 5.41) is 8.79. The van der Waals surface area contributed by atoms with Gasteiger partial charge in [-0.25, -0.2) is 22.6 Å². The van der Waals surface area contributed by atoms with Gasteiger partial charge >= 0.3 is 12.3 Å². The summed E-state index contributed by atoms with van der Waals surface area (Å²) in [6, 6.07) is 2.20. The largest absolute Gasteiger partial charge is 0.573 e. The van der Waals surface area contributed by atoms with Gasteiger partial charge in [-0.3, -0.25) is 0 Å². The van der Waals surface area contributed by atoms with Crippen LogP contribution >= 0.6 is 0 Å². The van der Waals surface area contributed by atoms with E-state index in [0.717, 1.165) is 6.07 Å². The molecular weight excluding hydrogens is 372 g/mol. The summed E-state index contributed by atoms with van der Waals surface area (Å²) >= 11 is 0. The Morgan fingerprint density at radius 1 is 1.24 bits per heavy atom. The predicted octanol–water partition coefficient (Wildman–Crippen LogP) is 2.23. The molecule has 25 heavy (non-hydrogen) atoms. The fourth-order valence-corrected chi connectivity index (χ4v) is 3.10. The molecule has 12 heteroatoms. The van der Waals surface area contributed by atoms with Crippen LogP contribution in [0.15, 0.2) is 40.3 Å². The number of aromatic nitrogens is 1. The van der Waals surface area contributed by atoms with E-state index in [2.05, 4.69) is 9.72 Å². The van der Waals surface area contributed by atoms with Gasteiger partial charge in [0.15, 0.2) is 5.69 Å². The number of nitrogen functional groups attached to an aromatic ring is 1. The summed E-state index contributed by atoms with van der Waals surface area (Å²) < 4.78 is 78.4. The lowest BCUT2D eigenvalue weighted by Crippen LogP contribution is -2.17. The van der Waals surface area contributed by atoms with Crippen LogP contribution in [0.4, 0.5) is 23.2 Å². The molecule has 134 valence electrons. The average Bonchev–Trinajstić information content (AvgIpc) is 2.44. The summed E-state index contributed by atoms with van der Waals surface area (Å²) in [4.78, 5) is 12.6. The van der Waals surface area contributed by atoms with E-state index in [1.165, 1.54) is 0 Å². The third-order valence-corrected chi connectivity index (χ3v) is 4.59. The van der Waals surface area contributed by atoms with Gasteiger partial charge < -0.3 is 15.6 Å². The number of ether oxygens (including phenoxy) is 1. The number of hydrogen-bond donors (Lipinski definition) is 2. The number of pyridine rings is 1. The van der Waals surface area contributed by atoms with Crippen LogP contribution in [0.2, 0.25) is 0 Å². The molecule has 0 spiro atoms. The number of sulfone groups is 1. The van der Waals surface area contributed by atoms with Crippen LogP contribution in [0.3, 0.4) is 0 Å². The molecule has 2 aromatic rings. The van der Waals surface area contributed by atoms with Gasteiger partial charge in [-0.15, -0.1) is 13.2 Å². The maximum Gasteiger partial charge on any atom is 0.573 e. The Hall–Kier alpha value is -2.89. The molecule has 0 saturated heterocycles. The molecule has 2 rings (SSSR count). The SMILES string of the molecule is Nc1cc(S(=O)(=O)c2ccc(OC(F)(F)F)cc2F)cnc1C(=O)O. The van der Waals surface area contributed by atoms with Crippen molar-refractivity contribution in [3.05, 3.63) is 42.0 Å². The molecule has 0 unspecified atom stereocenters. The third kappa shape index (κ3) is 3.96. The molecule has 0 radical (unpaired) electrons. The second-order valence-corrected chi connectivity index (χ2v) is 6.48. The maximum atomic E-state index is 13.9. The highest BCUT2D eigenvalue weighted by atomic mass is 32.2. The molecule has 1 aromatic heterocycles. The zero-order chi connectivity index (χ0) is 19.0. The molecule has 0 bridgehead atoms. The average molecular weight is 380 g/mol. The number of nitrogens with two attached hydrogens (primary N) is 1. The Bertz CT molecular complexity index is 944. The van der Waals surface area contributed by atoms with Crippen LogP contribution in [0.5, 0.6) is 5.75 Å². The lowest BCUT2D eigenvalue weighted by atomic mass is 10.3. The lowest BCUT2D eigenvalue weighted by Gasteiger charge is -2.11. The van der Waals surface area contributed by atoms with E-state index in [4.69, 9.17) is 10.8 Å². The van der Waals surface area contributed by atoms with Gasteiger partial charge in [-0.1, -0.05) is 0 Å². The predicted molar refractivity (Wildman–Crippen MR) is 74.1 cm³/mol. The van der Waals surface area contributed by atoms with Crippen molar-refractivity contribution < 1.29 is 40.6 Å². The number of rotatable bonds is 4. The van der Waals surface area contributed by atoms with E-state index < -0.39 is 54.9 Å². The van der Waals surface area contributed by atoms with Crippen molar-refractivity contribution >= 4 is 21.5 Å². The molecule has 0 aliphatic carbocycles. The molecular formula is C13H8F4N2O5S. The van der Waals surface area contributed by atoms with Gasteiger partial charge in [0.05, 0.1) is 10.6 Å². The van der Waals surface area contributed by atoms with E-state index in [-0.39, 0.29) is 6.07 Å². The molecule has 0 saturated carbocycles. The number of alkyl halides is 3. The zero-order valence-corrected chi connectivity index (χ0v) is 12.7. The van der Waals surface area contributed by atoms with Crippen LogP contribution in [-0.2, 0) is 9.84 Å². The van der Waals surface area contributed by atoms with E-state index >= 15 is 0 Å². The Balaban J connectivity index is 2.47. The van der Waals surface area contributed by atoms with Gasteiger partial charge in [-0.05, 0) is 18.2 Å². The Labute approximate surface area is 137 Å². The van der Waals surface area contributed by atoms with Crippen LogP contribution in [0.1, 0.15) is 10.5 Å². The molecule has 7 nitrogen and oxygen atoms in total. The monoisotopic (exact) mass is 380 g/mol. The quantitative estimate of drug-likeness (QED) is 0.781. The molecule has 0 atom stereocenters. The van der Waals surface area contributed by atoms with Crippen molar-refractivity contribution in [2.75, 3.05) is 5.73 Å². The smallest absolute Gasteiger partial charge is 0.476 e. The first-order valence-electron chi connectivity index (χ1n) is 6.21. The summed E-state index contributed by atoms with van der Waals surface area (Å²) in [5.74, 6) is -3.94. The summed E-state index contributed by atoms with van der Waals surface area (Å²) in [7, 11) is -4.54. The van der Waals surface area contributed by atoms with Gasteiger partial charge in [0.2, 0.25) is 9.84 Å². The number of benzene rings is 1. The minimum absolute atomic E-state index is 0.253. The Kier molecular flexibility index (Phi) is 4.57. The number of carbonyl (C=O) groups is 1. The van der Waals surface area contributed by atoms with E-state index in [1.807, 2.05) is 0 Å². The molecule has 3 N–H and O–H groups in total. The number of carboxylic acids is 1. The molecule has 1 aromatic carbocycles. The van der Waals surface area contributed by atoms with Crippen molar-refractivity contribution in [1.29, 1.82) is 0 Å². The number of hydrogen-bond acceptors (Lipinski definition) is 6. The van der Waals surface area contributed by atoms with Crippen LogP contribution in [0, 0.1) is 5.82 Å². The first-order valence-corrected chi connectivity index (χ1v) is 7.69. The zero-order valence-electron chi connectivity index (χ0n) is 11.9.